The summed E-state index contributed by atoms with van der Waals surface area (Å²) < 4.78 is 52.4. The van der Waals surface area contributed by atoms with E-state index in [0.29, 0.717) is 0 Å². The van der Waals surface area contributed by atoms with Crippen molar-refractivity contribution in [2.75, 3.05) is 25.5 Å². The third-order valence-electron chi connectivity index (χ3n) is 1.98. The van der Waals surface area contributed by atoms with Crippen molar-refractivity contribution in [3.63, 3.8) is 0 Å². The van der Waals surface area contributed by atoms with E-state index < -0.39 is 24.5 Å². The topological polar surface area (TPSA) is 64.4 Å². The molecule has 8 heteroatoms. The predicted octanol–water partition coefficient (Wildman–Crippen LogP) is 1.72. The number of hydrogen-bond acceptors (Lipinski definition) is 3. The third-order valence-corrected chi connectivity index (χ3v) is 1.98. The number of rotatable bonds is 5. The largest absolute Gasteiger partial charge is 0.411 e. The zero-order chi connectivity index (χ0) is 14.5. The number of anilines is 1. The lowest BCUT2D eigenvalue weighted by atomic mass is 10.2. The first-order chi connectivity index (χ1) is 8.78. The van der Waals surface area contributed by atoms with Crippen LogP contribution in [0.5, 0.6) is 0 Å². The van der Waals surface area contributed by atoms with Gasteiger partial charge in [0.1, 0.15) is 12.4 Å². The number of halogens is 4. The lowest BCUT2D eigenvalue weighted by Crippen LogP contribution is -2.29. The number of ether oxygens (including phenoxy) is 1. The molecule has 0 aromatic heterocycles. The number of nitrogen functional groups attached to an aromatic ring is 1. The van der Waals surface area contributed by atoms with Crippen LogP contribution >= 0.6 is 0 Å². The van der Waals surface area contributed by atoms with Gasteiger partial charge in [0.05, 0.1) is 6.61 Å². The van der Waals surface area contributed by atoms with Crippen molar-refractivity contribution in [2.24, 2.45) is 0 Å². The fraction of sp³-hybridized carbons (Fsp3) is 0.364. The molecule has 0 saturated carbocycles. The summed E-state index contributed by atoms with van der Waals surface area (Å²) in [5, 5.41) is 2.29. The molecule has 3 N–H and O–H groups in total. The van der Waals surface area contributed by atoms with Crippen molar-refractivity contribution < 1.29 is 27.1 Å². The van der Waals surface area contributed by atoms with Gasteiger partial charge in [-0.15, -0.1) is 0 Å². The number of nitrogens with two attached hydrogens (primary N) is 1. The van der Waals surface area contributed by atoms with E-state index in [1.165, 1.54) is 6.07 Å². The summed E-state index contributed by atoms with van der Waals surface area (Å²) in [4.78, 5) is 11.5. The van der Waals surface area contributed by atoms with Crippen LogP contribution in [0, 0.1) is 5.82 Å². The Kier molecular flexibility index (Phi) is 5.11. The molecule has 0 unspecified atom stereocenters. The Morgan fingerprint density at radius 1 is 1.32 bits per heavy atom. The minimum absolute atomic E-state index is 0.00618. The molecule has 0 bridgehead atoms. The molecule has 1 aromatic rings. The first-order valence-corrected chi connectivity index (χ1v) is 5.27. The minimum atomic E-state index is -4.40. The van der Waals surface area contributed by atoms with Gasteiger partial charge in [0, 0.05) is 17.8 Å². The highest BCUT2D eigenvalue weighted by atomic mass is 19.4. The Morgan fingerprint density at radius 3 is 2.58 bits per heavy atom. The molecule has 0 fully saturated rings. The van der Waals surface area contributed by atoms with E-state index in [0.717, 1.165) is 12.1 Å². The molecule has 4 nitrogen and oxygen atoms in total. The van der Waals surface area contributed by atoms with Crippen molar-refractivity contribution in [1.82, 2.24) is 5.32 Å². The average molecular weight is 280 g/mol. The average Bonchev–Trinajstić information content (AvgIpc) is 2.25. The van der Waals surface area contributed by atoms with Crippen LogP contribution < -0.4 is 11.1 Å². The maximum Gasteiger partial charge on any atom is 0.411 e. The van der Waals surface area contributed by atoms with Crippen LogP contribution in [0.15, 0.2) is 18.2 Å². The number of carbonyl (C=O) groups is 1. The lowest BCUT2D eigenvalue weighted by Gasteiger charge is -2.09. The van der Waals surface area contributed by atoms with E-state index in [4.69, 9.17) is 5.73 Å². The van der Waals surface area contributed by atoms with Crippen LogP contribution in [-0.2, 0) is 4.74 Å². The number of nitrogens with one attached hydrogen (secondary N) is 1. The molecule has 0 saturated heterocycles. The number of hydrogen-bond donors (Lipinski definition) is 2. The molecule has 0 radical (unpaired) electrons. The van der Waals surface area contributed by atoms with E-state index in [1.807, 2.05) is 0 Å². The molecule has 0 aliphatic carbocycles. The molecule has 0 aliphatic heterocycles. The summed E-state index contributed by atoms with van der Waals surface area (Å²) in [6, 6.07) is 3.28. The Labute approximate surface area is 106 Å². The second-order valence-electron chi connectivity index (χ2n) is 3.70. The van der Waals surface area contributed by atoms with Gasteiger partial charge >= 0.3 is 6.18 Å². The van der Waals surface area contributed by atoms with Crippen LogP contribution in [0.25, 0.3) is 0 Å². The first kappa shape index (κ1) is 15.2. The third kappa shape index (κ3) is 6.05. The number of alkyl halides is 3. The van der Waals surface area contributed by atoms with Crippen LogP contribution in [0.3, 0.4) is 0 Å². The summed E-state index contributed by atoms with van der Waals surface area (Å²) >= 11 is 0. The van der Waals surface area contributed by atoms with Gasteiger partial charge in [0.25, 0.3) is 5.91 Å². The smallest absolute Gasteiger partial charge is 0.399 e. The summed E-state index contributed by atoms with van der Waals surface area (Å²) in [5.74, 6) is -1.31. The highest BCUT2D eigenvalue weighted by molar-refractivity contribution is 5.95. The summed E-state index contributed by atoms with van der Waals surface area (Å²) in [7, 11) is 0. The number of carbonyl (C=O) groups excluding carboxylic acids is 1. The second kappa shape index (κ2) is 6.37. The van der Waals surface area contributed by atoms with E-state index >= 15 is 0 Å². The molecule has 0 spiro atoms. The van der Waals surface area contributed by atoms with Crippen LogP contribution in [0.2, 0.25) is 0 Å². The van der Waals surface area contributed by atoms with Crippen LogP contribution in [-0.4, -0.2) is 31.8 Å². The standard InChI is InChI=1S/C11H12F4N2O2/c12-8-3-7(4-9(16)5-8)10(18)17-1-2-19-6-11(13,14)15/h3-5H,1-2,6,16H2,(H,17,18). The molecule has 19 heavy (non-hydrogen) atoms. The second-order valence-corrected chi connectivity index (χ2v) is 3.70. The van der Waals surface area contributed by atoms with Gasteiger partial charge < -0.3 is 15.8 Å². The van der Waals surface area contributed by atoms with Gasteiger partial charge in [-0.1, -0.05) is 0 Å². The quantitative estimate of drug-likeness (QED) is 0.490. The molecule has 1 aromatic carbocycles. The monoisotopic (exact) mass is 280 g/mol. The maximum atomic E-state index is 13.0. The fourth-order valence-electron chi connectivity index (χ4n) is 1.27. The summed E-state index contributed by atoms with van der Waals surface area (Å²) in [5.41, 5.74) is 5.43. The fourth-order valence-corrected chi connectivity index (χ4v) is 1.27. The number of benzene rings is 1. The zero-order valence-electron chi connectivity index (χ0n) is 9.76. The summed E-state index contributed by atoms with van der Waals surface area (Å²) in [6.07, 6.45) is -4.40. The molecule has 0 atom stereocenters. The molecule has 0 heterocycles. The molecular weight excluding hydrogens is 268 g/mol. The van der Waals surface area contributed by atoms with E-state index in [1.54, 1.807) is 0 Å². The number of amides is 1. The van der Waals surface area contributed by atoms with E-state index in [-0.39, 0.29) is 24.4 Å². The van der Waals surface area contributed by atoms with Gasteiger partial charge in [-0.2, -0.15) is 13.2 Å². The molecule has 0 aliphatic rings. The van der Waals surface area contributed by atoms with Gasteiger partial charge in [0.2, 0.25) is 0 Å². The predicted molar refractivity (Wildman–Crippen MR) is 60.0 cm³/mol. The Morgan fingerprint density at radius 2 is 2.00 bits per heavy atom. The minimum Gasteiger partial charge on any atom is -0.399 e. The molecular formula is C11H12F4N2O2. The van der Waals surface area contributed by atoms with Gasteiger partial charge in [0.15, 0.2) is 0 Å². The van der Waals surface area contributed by atoms with Gasteiger partial charge in [-0.3, -0.25) is 4.79 Å². The first-order valence-electron chi connectivity index (χ1n) is 5.27. The van der Waals surface area contributed by atoms with Gasteiger partial charge in [-0.25, -0.2) is 4.39 Å². The van der Waals surface area contributed by atoms with Crippen molar-refractivity contribution >= 4 is 11.6 Å². The normalized spacial score (nSPS) is 11.4. The van der Waals surface area contributed by atoms with E-state index in [2.05, 4.69) is 10.1 Å². The Hall–Kier alpha value is -1.83. The maximum absolute atomic E-state index is 13.0. The molecule has 106 valence electrons. The summed E-state index contributed by atoms with van der Waals surface area (Å²) in [6.45, 7) is -1.79. The highest BCUT2D eigenvalue weighted by Crippen LogP contribution is 2.14. The Balaban J connectivity index is 2.35. The zero-order valence-corrected chi connectivity index (χ0v) is 9.76. The van der Waals surface area contributed by atoms with Crippen LogP contribution in [0.1, 0.15) is 10.4 Å². The van der Waals surface area contributed by atoms with Gasteiger partial charge in [-0.05, 0) is 18.2 Å². The van der Waals surface area contributed by atoms with Crippen LogP contribution in [0.4, 0.5) is 23.2 Å². The van der Waals surface area contributed by atoms with Crippen molar-refractivity contribution in [3.05, 3.63) is 29.6 Å². The van der Waals surface area contributed by atoms with E-state index in [9.17, 15) is 22.4 Å². The molecule has 1 amide bonds. The molecule has 1 rings (SSSR count). The Bertz CT molecular complexity index is 429. The SMILES string of the molecule is Nc1cc(F)cc(C(=O)NCCOCC(F)(F)F)c1. The lowest BCUT2D eigenvalue weighted by molar-refractivity contribution is -0.173. The van der Waals surface area contributed by atoms with Crippen molar-refractivity contribution in [3.8, 4) is 0 Å². The van der Waals surface area contributed by atoms with Crippen molar-refractivity contribution in [2.45, 2.75) is 6.18 Å². The highest BCUT2D eigenvalue weighted by Gasteiger charge is 2.27. The van der Waals surface area contributed by atoms with Crippen molar-refractivity contribution in [1.29, 1.82) is 0 Å².